The van der Waals surface area contributed by atoms with Crippen LogP contribution in [0.15, 0.2) is 42.5 Å². The molecular formula is C27H31N5O. The molecule has 0 unspecified atom stereocenters. The van der Waals surface area contributed by atoms with E-state index in [-0.39, 0.29) is 11.9 Å². The lowest BCUT2D eigenvalue weighted by Crippen LogP contribution is -2.44. The van der Waals surface area contributed by atoms with Gasteiger partial charge in [0.25, 0.3) is 5.91 Å². The third-order valence-corrected chi connectivity index (χ3v) is 7.43. The molecule has 0 bridgehead atoms. The molecule has 1 aliphatic carbocycles. The van der Waals surface area contributed by atoms with Crippen LogP contribution in [0.2, 0.25) is 0 Å². The average Bonchev–Trinajstić information content (AvgIpc) is 3.50. The topological polar surface area (TPSA) is 69.1 Å². The van der Waals surface area contributed by atoms with Crippen LogP contribution in [-0.4, -0.2) is 44.1 Å². The number of fused-ring (bicyclic) bond motifs is 3. The molecular weight excluding hydrogens is 410 g/mol. The zero-order chi connectivity index (χ0) is 22.7. The molecule has 6 rings (SSSR count). The van der Waals surface area contributed by atoms with Crippen LogP contribution < -0.4 is 5.73 Å². The van der Waals surface area contributed by atoms with E-state index in [9.17, 15) is 4.79 Å². The summed E-state index contributed by atoms with van der Waals surface area (Å²) in [6, 6.07) is 15.0. The van der Waals surface area contributed by atoms with Gasteiger partial charge in [-0.25, -0.2) is 4.98 Å². The van der Waals surface area contributed by atoms with Crippen molar-refractivity contribution < 1.29 is 4.79 Å². The number of hydrogen-bond acceptors (Lipinski definition) is 3. The van der Waals surface area contributed by atoms with Gasteiger partial charge in [0.1, 0.15) is 0 Å². The number of para-hydroxylation sites is 1. The van der Waals surface area contributed by atoms with Crippen LogP contribution in [0.25, 0.3) is 33.5 Å². The van der Waals surface area contributed by atoms with Crippen LogP contribution in [0.5, 0.6) is 0 Å². The maximum absolute atomic E-state index is 13.2. The van der Waals surface area contributed by atoms with Crippen LogP contribution in [-0.2, 0) is 20.0 Å². The fourth-order valence-corrected chi connectivity index (χ4v) is 5.18. The van der Waals surface area contributed by atoms with Gasteiger partial charge in [0, 0.05) is 49.2 Å². The van der Waals surface area contributed by atoms with Crippen molar-refractivity contribution in [2.75, 3.05) is 13.1 Å². The quantitative estimate of drug-likeness (QED) is 0.484. The van der Waals surface area contributed by atoms with Crippen molar-refractivity contribution in [3.63, 3.8) is 0 Å². The van der Waals surface area contributed by atoms with E-state index in [1.807, 2.05) is 11.0 Å². The number of hydrogen-bond donors (Lipinski definition) is 1. The predicted octanol–water partition coefficient (Wildman–Crippen LogP) is 4.34. The van der Waals surface area contributed by atoms with Crippen molar-refractivity contribution in [2.45, 2.75) is 45.2 Å². The van der Waals surface area contributed by atoms with Crippen molar-refractivity contribution in [2.24, 2.45) is 18.7 Å². The normalized spacial score (nSPS) is 17.2. The largest absolute Gasteiger partial charge is 0.338 e. The number of rotatable bonds is 6. The zero-order valence-electron chi connectivity index (χ0n) is 19.4. The van der Waals surface area contributed by atoms with Gasteiger partial charge in [0.2, 0.25) is 0 Å². The summed E-state index contributed by atoms with van der Waals surface area (Å²) in [5.41, 5.74) is 12.4. The molecule has 33 heavy (non-hydrogen) atoms. The van der Waals surface area contributed by atoms with Gasteiger partial charge in [-0.1, -0.05) is 25.1 Å². The molecule has 1 atom stereocenters. The van der Waals surface area contributed by atoms with Crippen LogP contribution >= 0.6 is 0 Å². The van der Waals surface area contributed by atoms with Crippen molar-refractivity contribution in [3.05, 3.63) is 53.6 Å². The van der Waals surface area contributed by atoms with E-state index in [0.29, 0.717) is 6.54 Å². The van der Waals surface area contributed by atoms with Gasteiger partial charge in [-0.3, -0.25) is 4.79 Å². The fraction of sp³-hybridized carbons (Fsp3) is 0.407. The molecule has 2 aromatic carbocycles. The monoisotopic (exact) mass is 441 g/mol. The molecule has 6 nitrogen and oxygen atoms in total. The van der Waals surface area contributed by atoms with Crippen molar-refractivity contribution >= 4 is 27.8 Å². The van der Waals surface area contributed by atoms with E-state index in [1.54, 1.807) is 0 Å². The standard InChI is InChI=1S/C27H31N5O/c1-3-20(28)16-31-11-10-18-12-24-22(14-21(18)27(31)33)29-26(30(24)2)25-13-19-6-4-5-7-23(19)32(25)15-17-8-9-17/h4-7,12-14,17,20H,3,8-11,15-16,28H2,1-2H3/t20-/m1/s1. The molecule has 0 spiro atoms. The minimum atomic E-state index is 0.0223. The maximum Gasteiger partial charge on any atom is 0.254 e. The Hall–Kier alpha value is -3.12. The number of carbonyl (C=O) groups excluding carboxylic acids is 1. The molecule has 2 aliphatic rings. The summed E-state index contributed by atoms with van der Waals surface area (Å²) in [6.07, 6.45) is 4.34. The summed E-state index contributed by atoms with van der Waals surface area (Å²) in [6.45, 7) is 4.44. The smallest absolute Gasteiger partial charge is 0.254 e. The first-order valence-corrected chi connectivity index (χ1v) is 12.2. The molecule has 1 saturated carbocycles. The Balaban J connectivity index is 1.45. The minimum absolute atomic E-state index is 0.0223. The lowest BCUT2D eigenvalue weighted by atomic mass is 9.97. The third-order valence-electron chi connectivity index (χ3n) is 7.43. The number of benzene rings is 2. The van der Waals surface area contributed by atoms with Gasteiger partial charge < -0.3 is 19.8 Å². The highest BCUT2D eigenvalue weighted by Gasteiger charge is 2.28. The first kappa shape index (κ1) is 20.5. The molecule has 2 aromatic heterocycles. The summed E-state index contributed by atoms with van der Waals surface area (Å²) in [4.78, 5) is 20.2. The highest BCUT2D eigenvalue weighted by molar-refractivity contribution is 6.00. The Morgan fingerprint density at radius 1 is 1.15 bits per heavy atom. The predicted molar refractivity (Wildman–Crippen MR) is 132 cm³/mol. The molecule has 2 N–H and O–H groups in total. The van der Waals surface area contributed by atoms with Gasteiger partial charge >= 0.3 is 0 Å². The Kier molecular flexibility index (Phi) is 4.80. The number of aromatic nitrogens is 3. The summed E-state index contributed by atoms with van der Waals surface area (Å²) in [5, 5.41) is 1.25. The van der Waals surface area contributed by atoms with E-state index in [2.05, 4.69) is 59.5 Å². The average molecular weight is 442 g/mol. The number of nitrogens with zero attached hydrogens (tertiary/aromatic N) is 4. The molecule has 1 fully saturated rings. The van der Waals surface area contributed by atoms with E-state index in [0.717, 1.165) is 65.5 Å². The summed E-state index contributed by atoms with van der Waals surface area (Å²) < 4.78 is 4.63. The number of nitrogens with two attached hydrogens (primary N) is 1. The lowest BCUT2D eigenvalue weighted by molar-refractivity contribution is 0.0729. The fourth-order valence-electron chi connectivity index (χ4n) is 5.18. The second-order valence-corrected chi connectivity index (χ2v) is 9.80. The van der Waals surface area contributed by atoms with Gasteiger partial charge in [-0.15, -0.1) is 0 Å². The molecule has 0 radical (unpaired) electrons. The highest BCUT2D eigenvalue weighted by Crippen LogP contribution is 2.37. The molecule has 3 heterocycles. The van der Waals surface area contributed by atoms with E-state index in [1.165, 1.54) is 23.7 Å². The summed E-state index contributed by atoms with van der Waals surface area (Å²) in [7, 11) is 2.09. The number of imidazole rings is 1. The van der Waals surface area contributed by atoms with Crippen LogP contribution in [0.1, 0.15) is 42.1 Å². The first-order valence-electron chi connectivity index (χ1n) is 12.2. The van der Waals surface area contributed by atoms with Crippen LogP contribution in [0, 0.1) is 5.92 Å². The SMILES string of the molecule is CC[C@@H](N)CN1CCc2cc3c(cc2C1=O)nc(-c1cc2ccccc2n1CC1CC1)n3C. The molecule has 1 aliphatic heterocycles. The molecule has 0 saturated heterocycles. The molecule has 1 amide bonds. The van der Waals surface area contributed by atoms with Crippen molar-refractivity contribution in [1.82, 2.24) is 19.0 Å². The lowest BCUT2D eigenvalue weighted by Gasteiger charge is -2.30. The van der Waals surface area contributed by atoms with E-state index >= 15 is 0 Å². The maximum atomic E-state index is 13.2. The van der Waals surface area contributed by atoms with E-state index in [4.69, 9.17) is 10.7 Å². The number of carbonyl (C=O) groups is 1. The summed E-state index contributed by atoms with van der Waals surface area (Å²) in [5.74, 6) is 1.80. The number of amides is 1. The Labute approximate surface area is 194 Å². The molecule has 4 aromatic rings. The van der Waals surface area contributed by atoms with Gasteiger partial charge in [-0.2, -0.15) is 0 Å². The summed E-state index contributed by atoms with van der Waals surface area (Å²) >= 11 is 0. The van der Waals surface area contributed by atoms with E-state index < -0.39 is 0 Å². The highest BCUT2D eigenvalue weighted by atomic mass is 16.2. The van der Waals surface area contributed by atoms with Gasteiger partial charge in [-0.05, 0) is 61.4 Å². The Bertz CT molecular complexity index is 1380. The molecule has 170 valence electrons. The molecule has 6 heteroatoms. The van der Waals surface area contributed by atoms with Gasteiger partial charge in [0.05, 0.1) is 16.7 Å². The van der Waals surface area contributed by atoms with Gasteiger partial charge in [0.15, 0.2) is 5.82 Å². The van der Waals surface area contributed by atoms with Crippen molar-refractivity contribution in [1.29, 1.82) is 0 Å². The second-order valence-electron chi connectivity index (χ2n) is 9.80. The number of aryl methyl sites for hydroxylation is 1. The van der Waals surface area contributed by atoms with Crippen molar-refractivity contribution in [3.8, 4) is 11.5 Å². The Morgan fingerprint density at radius 3 is 2.76 bits per heavy atom. The minimum Gasteiger partial charge on any atom is -0.338 e. The zero-order valence-corrected chi connectivity index (χ0v) is 19.4. The first-order chi connectivity index (χ1) is 16.0. The second kappa shape index (κ2) is 7.73. The van der Waals surface area contributed by atoms with Crippen LogP contribution in [0.3, 0.4) is 0 Å². The van der Waals surface area contributed by atoms with Crippen LogP contribution in [0.4, 0.5) is 0 Å². The third kappa shape index (κ3) is 3.44. The Morgan fingerprint density at radius 2 is 1.97 bits per heavy atom.